The molecule has 162 valence electrons. The fraction of sp³-hybridized carbons (Fsp3) is 0.842. The number of nitrogens with one attached hydrogen (secondary N) is 2. The van der Waals surface area contributed by atoms with E-state index >= 15 is 0 Å². The smallest absolute Gasteiger partial charge is 0.191 e. The molecule has 2 rings (SSSR count). The molecular formula is C19H37IN6S2. The van der Waals surface area contributed by atoms with Gasteiger partial charge in [-0.25, -0.2) is 0 Å². The molecule has 1 aromatic rings. The summed E-state index contributed by atoms with van der Waals surface area (Å²) in [5, 5.41) is 16.8. The topological polar surface area (TPSA) is 67.1 Å². The van der Waals surface area contributed by atoms with Crippen LogP contribution in [0.2, 0.25) is 0 Å². The van der Waals surface area contributed by atoms with Gasteiger partial charge in [0.05, 0.1) is 6.54 Å². The van der Waals surface area contributed by atoms with Crippen molar-refractivity contribution < 1.29 is 0 Å². The normalized spacial score (nSPS) is 15.5. The van der Waals surface area contributed by atoms with Crippen LogP contribution in [0.5, 0.6) is 0 Å². The Morgan fingerprint density at radius 1 is 1.21 bits per heavy atom. The van der Waals surface area contributed by atoms with Crippen molar-refractivity contribution in [2.24, 2.45) is 4.99 Å². The second-order valence-electron chi connectivity index (χ2n) is 7.60. The van der Waals surface area contributed by atoms with Gasteiger partial charge in [-0.1, -0.05) is 24.6 Å². The fourth-order valence-corrected chi connectivity index (χ4v) is 4.04. The van der Waals surface area contributed by atoms with Gasteiger partial charge in [-0.15, -0.1) is 34.2 Å². The summed E-state index contributed by atoms with van der Waals surface area (Å²) in [6.07, 6.45) is 11.4. The summed E-state index contributed by atoms with van der Waals surface area (Å²) in [6, 6.07) is 0.595. The minimum atomic E-state index is 0. The molecule has 0 saturated heterocycles. The van der Waals surface area contributed by atoms with Gasteiger partial charge in [-0.05, 0) is 52.5 Å². The average molecular weight is 541 g/mol. The maximum Gasteiger partial charge on any atom is 0.191 e. The molecule has 2 N–H and O–H groups in total. The number of rotatable bonds is 10. The van der Waals surface area contributed by atoms with Crippen molar-refractivity contribution in [2.45, 2.75) is 75.2 Å². The van der Waals surface area contributed by atoms with Gasteiger partial charge in [0.2, 0.25) is 0 Å². The van der Waals surface area contributed by atoms with E-state index in [-0.39, 0.29) is 28.7 Å². The first-order valence-corrected chi connectivity index (χ1v) is 12.5. The molecule has 1 aliphatic rings. The van der Waals surface area contributed by atoms with Crippen LogP contribution >= 0.6 is 47.5 Å². The molecule has 9 heteroatoms. The minimum Gasteiger partial charge on any atom is -0.357 e. The number of guanidine groups is 1. The standard InChI is InChI=1S/C19H36N6S2.HI/c1-6-20-17(22-14-19(2,3)27-5)21-13-9-12-16-23-24-18(26-4)25(16)15-10-7-8-11-15;/h15H,6-14H2,1-5H3,(H2,20,21,22);1H. The van der Waals surface area contributed by atoms with Crippen molar-refractivity contribution in [3.05, 3.63) is 5.82 Å². The number of halogens is 1. The highest BCUT2D eigenvalue weighted by atomic mass is 127. The number of hydrogen-bond donors (Lipinski definition) is 2. The molecule has 0 radical (unpaired) electrons. The van der Waals surface area contributed by atoms with Crippen LogP contribution in [0.25, 0.3) is 0 Å². The van der Waals surface area contributed by atoms with E-state index in [1.54, 1.807) is 11.8 Å². The Morgan fingerprint density at radius 3 is 2.54 bits per heavy atom. The second kappa shape index (κ2) is 13.2. The Bertz CT molecular complexity index is 599. The maximum absolute atomic E-state index is 4.74. The average Bonchev–Trinajstić information content (AvgIpc) is 3.32. The van der Waals surface area contributed by atoms with Crippen molar-refractivity contribution in [1.29, 1.82) is 0 Å². The zero-order chi connectivity index (χ0) is 19.7. The highest BCUT2D eigenvalue weighted by Crippen LogP contribution is 2.33. The molecule has 1 aliphatic carbocycles. The minimum absolute atomic E-state index is 0. The van der Waals surface area contributed by atoms with Crippen LogP contribution in [0, 0.1) is 0 Å². The number of thioether (sulfide) groups is 2. The summed E-state index contributed by atoms with van der Waals surface area (Å²) >= 11 is 3.56. The van der Waals surface area contributed by atoms with Crippen LogP contribution in [0.4, 0.5) is 0 Å². The molecule has 0 aromatic carbocycles. The van der Waals surface area contributed by atoms with Crippen molar-refractivity contribution >= 4 is 53.5 Å². The molecule has 1 fully saturated rings. The Hall–Kier alpha value is -0.160. The largest absolute Gasteiger partial charge is 0.357 e. The number of hydrogen-bond acceptors (Lipinski definition) is 5. The lowest BCUT2D eigenvalue weighted by atomic mass is 10.2. The summed E-state index contributed by atoms with van der Waals surface area (Å²) in [6.45, 7) is 9.12. The molecule has 0 amide bonds. The van der Waals surface area contributed by atoms with Crippen molar-refractivity contribution in [3.63, 3.8) is 0 Å². The molecule has 1 saturated carbocycles. The summed E-state index contributed by atoms with van der Waals surface area (Å²) in [4.78, 5) is 4.74. The highest BCUT2D eigenvalue weighted by Gasteiger charge is 2.23. The van der Waals surface area contributed by atoms with Crippen LogP contribution in [0.15, 0.2) is 10.1 Å². The van der Waals surface area contributed by atoms with E-state index in [4.69, 9.17) is 4.99 Å². The molecule has 28 heavy (non-hydrogen) atoms. The molecule has 0 bridgehead atoms. The van der Waals surface area contributed by atoms with E-state index < -0.39 is 0 Å². The molecule has 6 nitrogen and oxygen atoms in total. The van der Waals surface area contributed by atoms with Crippen LogP contribution in [0.3, 0.4) is 0 Å². The zero-order valence-electron chi connectivity index (χ0n) is 18.0. The summed E-state index contributed by atoms with van der Waals surface area (Å²) < 4.78 is 2.56. The van der Waals surface area contributed by atoms with E-state index in [0.717, 1.165) is 49.4 Å². The van der Waals surface area contributed by atoms with Gasteiger partial charge < -0.3 is 15.2 Å². The van der Waals surface area contributed by atoms with Crippen LogP contribution in [-0.4, -0.2) is 57.6 Å². The first kappa shape index (κ1) is 25.9. The summed E-state index contributed by atoms with van der Waals surface area (Å²) in [5.74, 6) is 2.04. The van der Waals surface area contributed by atoms with Gasteiger partial charge in [0.25, 0.3) is 0 Å². The van der Waals surface area contributed by atoms with Gasteiger partial charge >= 0.3 is 0 Å². The van der Waals surface area contributed by atoms with Gasteiger partial charge in [0.15, 0.2) is 11.1 Å². The number of aryl methyl sites for hydroxylation is 1. The summed E-state index contributed by atoms with van der Waals surface area (Å²) in [7, 11) is 0. The Labute approximate surface area is 196 Å². The first-order valence-electron chi connectivity index (χ1n) is 10.1. The zero-order valence-corrected chi connectivity index (χ0v) is 21.9. The molecule has 1 aromatic heterocycles. The lowest BCUT2D eigenvalue weighted by molar-refractivity contribution is 0.460. The van der Waals surface area contributed by atoms with E-state index in [9.17, 15) is 0 Å². The SMILES string of the molecule is CCNC(=NCC(C)(C)SC)NCCCc1nnc(SC)n1C1CCCC1.I. The van der Waals surface area contributed by atoms with Gasteiger partial charge in [-0.3, -0.25) is 4.99 Å². The monoisotopic (exact) mass is 540 g/mol. The third kappa shape index (κ3) is 7.93. The molecule has 0 unspecified atom stereocenters. The number of aromatic nitrogens is 3. The predicted molar refractivity (Wildman–Crippen MR) is 135 cm³/mol. The molecule has 0 aliphatic heterocycles. The van der Waals surface area contributed by atoms with Gasteiger partial charge in [-0.2, -0.15) is 11.8 Å². The van der Waals surface area contributed by atoms with Gasteiger partial charge in [0, 0.05) is 30.3 Å². The van der Waals surface area contributed by atoms with E-state index in [1.165, 1.54) is 25.7 Å². The molecular weight excluding hydrogens is 503 g/mol. The second-order valence-corrected chi connectivity index (χ2v) is 9.89. The summed E-state index contributed by atoms with van der Waals surface area (Å²) in [5.41, 5.74) is 0. The molecule has 0 spiro atoms. The van der Waals surface area contributed by atoms with Crippen LogP contribution < -0.4 is 10.6 Å². The number of nitrogens with zero attached hydrogens (tertiary/aromatic N) is 4. The fourth-order valence-electron chi connectivity index (χ4n) is 3.28. The van der Waals surface area contributed by atoms with E-state index in [2.05, 4.69) is 58.7 Å². The predicted octanol–water partition coefficient (Wildman–Crippen LogP) is 4.36. The van der Waals surface area contributed by atoms with E-state index in [0.29, 0.717) is 6.04 Å². The Morgan fingerprint density at radius 2 is 1.93 bits per heavy atom. The van der Waals surface area contributed by atoms with Crippen molar-refractivity contribution in [2.75, 3.05) is 32.1 Å². The van der Waals surface area contributed by atoms with Crippen LogP contribution in [-0.2, 0) is 6.42 Å². The lowest BCUT2D eigenvalue weighted by Crippen LogP contribution is -2.39. The Balaban J connectivity index is 0.00000392. The van der Waals surface area contributed by atoms with Crippen molar-refractivity contribution in [1.82, 2.24) is 25.4 Å². The lowest BCUT2D eigenvalue weighted by Gasteiger charge is -2.20. The Kier molecular flexibility index (Phi) is 12.2. The quantitative estimate of drug-likeness (QED) is 0.151. The third-order valence-electron chi connectivity index (χ3n) is 4.99. The van der Waals surface area contributed by atoms with Crippen molar-refractivity contribution in [3.8, 4) is 0 Å². The van der Waals surface area contributed by atoms with E-state index in [1.807, 2.05) is 11.8 Å². The van der Waals surface area contributed by atoms with Gasteiger partial charge in [0.1, 0.15) is 5.82 Å². The molecule has 1 heterocycles. The third-order valence-corrected chi connectivity index (χ3v) is 6.87. The molecule has 0 atom stereocenters. The number of aliphatic imine (C=N–C) groups is 1. The first-order chi connectivity index (χ1) is 13.0. The maximum atomic E-state index is 4.74. The van der Waals surface area contributed by atoms with Crippen LogP contribution in [0.1, 0.15) is 64.7 Å². The highest BCUT2D eigenvalue weighted by molar-refractivity contribution is 14.0.